The fourth-order valence-electron chi connectivity index (χ4n) is 10.7. The molecule has 17 heteroatoms. The monoisotopic (exact) mass is 1000 g/mol. The van der Waals surface area contributed by atoms with Gasteiger partial charge in [-0.15, -0.1) is 20.4 Å². The van der Waals surface area contributed by atoms with Crippen LogP contribution in [-0.2, 0) is 48.2 Å². The van der Waals surface area contributed by atoms with E-state index >= 15 is 0 Å². The van der Waals surface area contributed by atoms with Gasteiger partial charge in [-0.05, 0) is 110 Å². The highest BCUT2D eigenvalue weighted by atomic mass is 35.5. The maximum Gasteiger partial charge on any atom is 0.259 e. The number of pyridine rings is 2. The molecule has 4 aliphatic rings. The van der Waals surface area contributed by atoms with Gasteiger partial charge in [0.1, 0.15) is 17.2 Å². The van der Waals surface area contributed by atoms with Crippen molar-refractivity contribution in [2.75, 3.05) is 26.2 Å². The van der Waals surface area contributed by atoms with Crippen LogP contribution >= 0.6 is 11.6 Å². The smallest absolute Gasteiger partial charge is 0.259 e. The number of aliphatic hydroxyl groups is 1. The summed E-state index contributed by atoms with van der Waals surface area (Å²) in [6.07, 6.45) is 6.24. The molecule has 2 aliphatic carbocycles. The maximum absolute atomic E-state index is 13.6. The normalized spacial score (nSPS) is 18.5. The third-order valence-electron chi connectivity index (χ3n) is 13.0. The van der Waals surface area contributed by atoms with Gasteiger partial charge >= 0.3 is 0 Å². The van der Waals surface area contributed by atoms with E-state index in [2.05, 4.69) is 44.7 Å². The van der Waals surface area contributed by atoms with Gasteiger partial charge in [-0.1, -0.05) is 67.6 Å². The number of aromatic nitrogens is 6. The van der Waals surface area contributed by atoms with Gasteiger partial charge in [0.05, 0.1) is 39.3 Å². The van der Waals surface area contributed by atoms with Crippen LogP contribution in [0, 0.1) is 0 Å². The van der Waals surface area contributed by atoms with E-state index in [-0.39, 0.29) is 58.6 Å². The Balaban J connectivity index is 0.000000179. The molecule has 10 rings (SSSR count). The zero-order valence-corrected chi connectivity index (χ0v) is 43.2. The Labute approximate surface area is 426 Å². The minimum absolute atomic E-state index is 0. The molecular weight excluding hydrogens is 936 g/mol. The fourth-order valence-corrected chi connectivity index (χ4v) is 10.8. The molecule has 2 aliphatic heterocycles. The Kier molecular flexibility index (Phi) is 15.5. The predicted molar refractivity (Wildman–Crippen MR) is 279 cm³/mol. The van der Waals surface area contributed by atoms with Crippen molar-refractivity contribution < 1.29 is 28.9 Å². The van der Waals surface area contributed by atoms with E-state index < -0.39 is 22.4 Å². The number of halogens is 1. The molecule has 1 N–H and O–H groups in total. The topological polar surface area (TPSA) is 184 Å². The number of fused-ring (bicyclic) bond motifs is 4. The van der Waals surface area contributed by atoms with Crippen LogP contribution < -0.4 is 15.6 Å². The van der Waals surface area contributed by atoms with Gasteiger partial charge in [-0.2, -0.15) is 0 Å². The third kappa shape index (κ3) is 11.9. The van der Waals surface area contributed by atoms with Gasteiger partial charge in [0.25, 0.3) is 11.8 Å². The Morgan fingerprint density at radius 2 is 1.00 bits per heavy atom. The molecule has 384 valence electrons. The van der Waals surface area contributed by atoms with E-state index in [0.29, 0.717) is 67.2 Å². The summed E-state index contributed by atoms with van der Waals surface area (Å²) in [5.41, 5.74) is 3.52. The molecule has 16 nitrogen and oxygen atoms in total. The maximum atomic E-state index is 13.6. The van der Waals surface area contributed by atoms with E-state index in [0.717, 1.165) is 25.7 Å². The molecule has 0 unspecified atom stereocenters. The van der Waals surface area contributed by atoms with Crippen LogP contribution in [0.4, 0.5) is 0 Å². The molecule has 0 atom stereocenters. The van der Waals surface area contributed by atoms with Crippen LogP contribution in [0.3, 0.4) is 0 Å². The van der Waals surface area contributed by atoms with Gasteiger partial charge in [-0.3, -0.25) is 19.2 Å². The first-order valence-corrected chi connectivity index (χ1v) is 24.8. The fraction of sp³-hybridized carbons (Fsp3) is 0.491. The molecule has 2 aromatic carbocycles. The summed E-state index contributed by atoms with van der Waals surface area (Å²) in [4.78, 5) is 56.7. The summed E-state index contributed by atoms with van der Waals surface area (Å²) < 4.78 is 21.8. The second-order valence-electron chi connectivity index (χ2n) is 21.5. The first-order valence-electron chi connectivity index (χ1n) is 24.4. The van der Waals surface area contributed by atoms with E-state index in [4.69, 9.17) is 25.8 Å². The van der Waals surface area contributed by atoms with Gasteiger partial charge in [0.2, 0.25) is 16.7 Å². The van der Waals surface area contributed by atoms with Crippen molar-refractivity contribution in [3.63, 3.8) is 0 Å². The average molecular weight is 1010 g/mol. The van der Waals surface area contributed by atoms with Crippen molar-refractivity contribution in [2.45, 2.75) is 150 Å². The number of aryl methyl sites for hydroxylation is 2. The van der Waals surface area contributed by atoms with Crippen molar-refractivity contribution in [3.05, 3.63) is 132 Å². The molecular formula is C55H69ClN8O8. The SMILES string of the molecule is C.CCn1cc(C(=O)N2CC(C)(C)OC(C)(C)C2)c(=O)c2cc(Cl)nnc21.CCn1cc(C(=O)N2CC(C)(C)OC(C)(C)C2)c(=O)c2cc(OC3Cc4ccccc4C3)nnc21.OC1Cc2ccccc2C1. The van der Waals surface area contributed by atoms with Crippen LogP contribution in [0.1, 0.15) is 120 Å². The summed E-state index contributed by atoms with van der Waals surface area (Å²) in [7, 11) is 0. The number of hydrogen-bond acceptors (Lipinski definition) is 12. The van der Waals surface area contributed by atoms with Crippen LogP contribution in [0.15, 0.2) is 82.6 Å². The number of aliphatic hydroxyl groups excluding tert-OH is 1. The lowest BCUT2D eigenvalue weighted by molar-refractivity contribution is -0.171. The van der Waals surface area contributed by atoms with Crippen LogP contribution in [0.5, 0.6) is 5.88 Å². The van der Waals surface area contributed by atoms with E-state index in [9.17, 15) is 24.3 Å². The highest BCUT2D eigenvalue weighted by molar-refractivity contribution is 6.29. The number of carbonyl (C=O) groups excluding carboxylic acids is 2. The highest BCUT2D eigenvalue weighted by Crippen LogP contribution is 2.31. The Hall–Kier alpha value is -6.07. The second-order valence-corrected chi connectivity index (χ2v) is 21.8. The first-order chi connectivity index (χ1) is 33.4. The largest absolute Gasteiger partial charge is 0.473 e. The number of hydrogen-bond donors (Lipinski definition) is 1. The van der Waals surface area contributed by atoms with Crippen molar-refractivity contribution in [1.82, 2.24) is 39.3 Å². The number of nitrogens with zero attached hydrogens (tertiary/aromatic N) is 8. The number of morpholine rings is 2. The van der Waals surface area contributed by atoms with Gasteiger partial charge < -0.3 is 38.3 Å². The molecule has 0 saturated carbocycles. The lowest BCUT2D eigenvalue weighted by Gasteiger charge is -2.47. The van der Waals surface area contributed by atoms with Crippen molar-refractivity contribution in [2.24, 2.45) is 0 Å². The summed E-state index contributed by atoms with van der Waals surface area (Å²) in [5.74, 6) is -0.307. The summed E-state index contributed by atoms with van der Waals surface area (Å²) in [6.45, 7) is 22.2. The van der Waals surface area contributed by atoms with Crippen LogP contribution in [0.2, 0.25) is 5.15 Å². The van der Waals surface area contributed by atoms with Gasteiger partial charge in [0, 0.05) is 70.6 Å². The molecule has 6 heterocycles. The molecule has 72 heavy (non-hydrogen) atoms. The molecule has 2 amide bonds. The molecule has 0 radical (unpaired) electrons. The number of rotatable bonds is 6. The zero-order chi connectivity index (χ0) is 51.2. The summed E-state index contributed by atoms with van der Waals surface area (Å²) >= 11 is 5.91. The highest BCUT2D eigenvalue weighted by Gasteiger charge is 2.42. The van der Waals surface area contributed by atoms with Crippen molar-refractivity contribution in [3.8, 4) is 5.88 Å². The Morgan fingerprint density at radius 3 is 1.40 bits per heavy atom. The van der Waals surface area contributed by atoms with Crippen molar-refractivity contribution >= 4 is 45.5 Å². The first kappa shape index (κ1) is 53.7. The predicted octanol–water partition coefficient (Wildman–Crippen LogP) is 7.66. The average Bonchev–Trinajstić information content (AvgIpc) is 3.89. The van der Waals surface area contributed by atoms with E-state index in [1.807, 2.05) is 93.5 Å². The van der Waals surface area contributed by atoms with Crippen molar-refractivity contribution in [1.29, 1.82) is 0 Å². The number of ether oxygens (including phenoxy) is 3. The minimum atomic E-state index is -0.511. The van der Waals surface area contributed by atoms with Crippen LogP contribution in [-0.4, -0.2) is 117 Å². The van der Waals surface area contributed by atoms with Crippen LogP contribution in [0.25, 0.3) is 22.1 Å². The number of benzene rings is 2. The zero-order valence-electron chi connectivity index (χ0n) is 42.4. The molecule has 2 fully saturated rings. The van der Waals surface area contributed by atoms with E-state index in [1.54, 1.807) is 37.4 Å². The second kappa shape index (κ2) is 20.8. The Morgan fingerprint density at radius 1 is 0.625 bits per heavy atom. The van der Waals surface area contributed by atoms with Gasteiger partial charge in [-0.25, -0.2) is 0 Å². The molecule has 0 spiro atoms. The summed E-state index contributed by atoms with van der Waals surface area (Å²) in [6, 6.07) is 19.6. The molecule has 0 bridgehead atoms. The van der Waals surface area contributed by atoms with E-state index in [1.165, 1.54) is 28.3 Å². The van der Waals surface area contributed by atoms with Gasteiger partial charge in [0.15, 0.2) is 16.4 Å². The number of amides is 2. The molecule has 2 saturated heterocycles. The lowest BCUT2D eigenvalue weighted by atomic mass is 9.98. The third-order valence-corrected chi connectivity index (χ3v) is 13.2. The molecule has 4 aromatic heterocycles. The standard InChI is InChI=1S/C27H32N4O4.C18H23ClN4O3.C9H10O.CH4/c1-6-30-14-21(25(33)31-15-26(2,3)35-27(4,5)16-31)23(32)20-13-22(28-29-24(20)30)34-19-11-17-9-7-8-10-18(17)12-19;1-6-22-8-12(14(24)11-7-13(19)20-21-15(11)22)16(25)23-9-17(2,3)26-18(4,5)10-23;10-9-5-7-3-1-2-4-8(7)6-9;/h7-10,13-14,19H,6,11-12,15-16H2,1-5H3;7-8H,6,9-10H2,1-5H3;1-4,9-10H,5-6H2;1H4. The minimum Gasteiger partial charge on any atom is -0.473 e. The molecule has 6 aromatic rings. The lowest BCUT2D eigenvalue weighted by Crippen LogP contribution is -2.59. The quantitative estimate of drug-likeness (QED) is 0.172. The summed E-state index contributed by atoms with van der Waals surface area (Å²) in [5, 5.41) is 26.4. The number of carbonyl (C=O) groups is 2. The Bertz CT molecular complexity index is 3050.